The maximum Gasteiger partial charge on any atom is 0.326 e. The number of imidazole rings is 1. The number of nitrogens with one attached hydrogen (secondary N) is 2. The summed E-state index contributed by atoms with van der Waals surface area (Å²) >= 11 is 0. The second-order valence-electron chi connectivity index (χ2n) is 12.3. The molecule has 0 saturated heterocycles. The van der Waals surface area contributed by atoms with E-state index in [1.54, 1.807) is 38.6 Å². The van der Waals surface area contributed by atoms with E-state index in [-0.39, 0.29) is 24.4 Å². The quantitative estimate of drug-likeness (QED) is 0.228. The maximum absolute atomic E-state index is 14.5. The van der Waals surface area contributed by atoms with Crippen molar-refractivity contribution in [2.75, 3.05) is 12.1 Å². The molecule has 0 amide bonds. The van der Waals surface area contributed by atoms with Gasteiger partial charge in [0.2, 0.25) is 7.44 Å². The fourth-order valence-corrected chi connectivity index (χ4v) is 7.93. The Morgan fingerprint density at radius 2 is 1.49 bits per heavy atom. The lowest BCUT2D eigenvalue weighted by atomic mass is 10.1. The number of carbonyl (C=O) groups excluding carboxylic acids is 2. The lowest BCUT2D eigenvalue weighted by Gasteiger charge is -2.36. The Bertz CT molecular complexity index is 1220. The predicted octanol–water partition coefficient (Wildman–Crippen LogP) is 3.67. The second-order valence-corrected chi connectivity index (χ2v) is 14.5. The molecule has 228 valence electrons. The molecular formula is C27H44N7O6P. The Kier molecular flexibility index (Phi) is 9.73. The van der Waals surface area contributed by atoms with Crippen LogP contribution in [0.3, 0.4) is 0 Å². The summed E-state index contributed by atoms with van der Waals surface area (Å²) in [5.41, 5.74) is 4.29. The smallest absolute Gasteiger partial charge is 0.326 e. The van der Waals surface area contributed by atoms with E-state index in [2.05, 4.69) is 25.1 Å². The van der Waals surface area contributed by atoms with Gasteiger partial charge in [0.25, 0.3) is 0 Å². The highest BCUT2D eigenvalue weighted by molar-refractivity contribution is 7.59. The van der Waals surface area contributed by atoms with Gasteiger partial charge in [-0.1, -0.05) is 0 Å². The summed E-state index contributed by atoms with van der Waals surface area (Å²) in [6.45, 7) is 8.63. The first-order chi connectivity index (χ1) is 19.3. The number of hydrogen-bond donors (Lipinski definition) is 3. The standard InChI is InChI=1S/C27H44N7O6P/c1-18(14-34-16-31-21-22(28)29-15-30-23(21)34)38-17-41(37,32-26(2,3)24(35)39-19-10-6-7-11-19)33-27(4,5)25(36)40-20-12-8-9-13-20/h15-16,18-20H,6-14,17H2,1-5H3,(H2,28,29,30)(H2,32,33,37)/t18-/m1/s1. The van der Waals surface area contributed by atoms with Crippen molar-refractivity contribution in [2.45, 2.75) is 122 Å². The summed E-state index contributed by atoms with van der Waals surface area (Å²) in [7, 11) is -3.75. The molecule has 14 heteroatoms. The van der Waals surface area contributed by atoms with Crippen LogP contribution in [0.4, 0.5) is 5.82 Å². The van der Waals surface area contributed by atoms with Crippen molar-refractivity contribution in [3.05, 3.63) is 12.7 Å². The van der Waals surface area contributed by atoms with Gasteiger partial charge in [0, 0.05) is 0 Å². The van der Waals surface area contributed by atoms with Crippen LogP contribution in [0, 0.1) is 0 Å². The van der Waals surface area contributed by atoms with Crippen molar-refractivity contribution < 1.29 is 28.4 Å². The zero-order valence-corrected chi connectivity index (χ0v) is 25.6. The van der Waals surface area contributed by atoms with Crippen molar-refractivity contribution in [1.29, 1.82) is 0 Å². The average Bonchev–Trinajstić information content (AvgIpc) is 3.66. The molecule has 2 aliphatic rings. The predicted molar refractivity (Wildman–Crippen MR) is 154 cm³/mol. The number of hydrogen-bond acceptors (Lipinski definition) is 10. The van der Waals surface area contributed by atoms with Crippen LogP contribution in [0.2, 0.25) is 0 Å². The number of nitrogens with zero attached hydrogens (tertiary/aromatic N) is 4. The minimum Gasteiger partial charge on any atom is -0.461 e. The van der Waals surface area contributed by atoms with E-state index >= 15 is 0 Å². The van der Waals surface area contributed by atoms with E-state index in [1.165, 1.54) is 6.33 Å². The molecule has 0 radical (unpaired) electrons. The van der Waals surface area contributed by atoms with Crippen molar-refractivity contribution in [3.63, 3.8) is 0 Å². The van der Waals surface area contributed by atoms with E-state index < -0.39 is 36.6 Å². The third-order valence-electron chi connectivity index (χ3n) is 7.52. The van der Waals surface area contributed by atoms with Gasteiger partial charge >= 0.3 is 11.9 Å². The number of anilines is 1. The number of rotatable bonds is 13. The molecule has 0 aliphatic heterocycles. The number of nitrogens with two attached hydrogens (primary N) is 1. The zero-order valence-electron chi connectivity index (χ0n) is 24.7. The van der Waals surface area contributed by atoms with E-state index in [9.17, 15) is 14.2 Å². The summed E-state index contributed by atoms with van der Waals surface area (Å²) in [5.74, 6) is -0.736. The highest BCUT2D eigenvalue weighted by Crippen LogP contribution is 2.43. The molecule has 13 nitrogen and oxygen atoms in total. The van der Waals surface area contributed by atoms with Crippen LogP contribution in [-0.4, -0.2) is 67.2 Å². The molecule has 4 rings (SSSR count). The second kappa shape index (κ2) is 12.7. The van der Waals surface area contributed by atoms with Crippen molar-refractivity contribution in [3.8, 4) is 0 Å². The molecule has 41 heavy (non-hydrogen) atoms. The topological polar surface area (TPSA) is 173 Å². The summed E-state index contributed by atoms with van der Waals surface area (Å²) in [6.07, 6.45) is 9.24. The van der Waals surface area contributed by atoms with Crippen LogP contribution in [0.5, 0.6) is 0 Å². The molecule has 2 aromatic heterocycles. The van der Waals surface area contributed by atoms with E-state index in [4.69, 9.17) is 19.9 Å². The minimum absolute atomic E-state index is 0.145. The van der Waals surface area contributed by atoms with Crippen LogP contribution in [-0.2, 0) is 34.9 Å². The lowest BCUT2D eigenvalue weighted by Crippen LogP contribution is -2.54. The van der Waals surface area contributed by atoms with Gasteiger partial charge in [-0.25, -0.2) is 25.1 Å². The molecule has 0 bridgehead atoms. The number of carbonyl (C=O) groups is 2. The van der Waals surface area contributed by atoms with Crippen LogP contribution in [0.15, 0.2) is 12.7 Å². The first-order valence-corrected chi connectivity index (χ1v) is 16.3. The molecule has 2 aliphatic carbocycles. The SMILES string of the molecule is C[C@H](Cn1cnc2c(N)ncnc21)OCP(=O)(NC(C)(C)C(=O)OC1CCCC1)NC(C)(C)C(=O)OC1CCCC1. The third kappa shape index (κ3) is 8.03. The molecule has 0 unspecified atom stereocenters. The lowest BCUT2D eigenvalue weighted by molar-refractivity contribution is -0.155. The van der Waals surface area contributed by atoms with Gasteiger partial charge in [0.05, 0.1) is 19.0 Å². The number of ether oxygens (including phenoxy) is 3. The number of nitrogen functional groups attached to an aromatic ring is 1. The van der Waals surface area contributed by atoms with Crippen LogP contribution >= 0.6 is 7.44 Å². The maximum atomic E-state index is 14.5. The van der Waals surface area contributed by atoms with Gasteiger partial charge in [-0.3, -0.25) is 14.2 Å². The summed E-state index contributed by atoms with van der Waals surface area (Å²) < 4.78 is 33.7. The fraction of sp³-hybridized carbons (Fsp3) is 0.741. The average molecular weight is 594 g/mol. The van der Waals surface area contributed by atoms with Gasteiger partial charge in [0.15, 0.2) is 11.5 Å². The van der Waals surface area contributed by atoms with Crippen LogP contribution in [0.1, 0.15) is 86.0 Å². The molecule has 2 aromatic rings. The van der Waals surface area contributed by atoms with Gasteiger partial charge in [-0.15, -0.1) is 0 Å². The molecule has 0 spiro atoms. The molecule has 1 atom stereocenters. The Hall–Kier alpha value is -2.60. The summed E-state index contributed by atoms with van der Waals surface area (Å²) in [5, 5.41) is 5.96. The monoisotopic (exact) mass is 593 g/mol. The Balaban J connectivity index is 1.48. The number of aromatic nitrogens is 4. The fourth-order valence-electron chi connectivity index (χ4n) is 5.29. The zero-order chi connectivity index (χ0) is 29.8. The minimum atomic E-state index is -3.75. The van der Waals surface area contributed by atoms with E-state index in [0.717, 1.165) is 51.4 Å². The van der Waals surface area contributed by atoms with Crippen molar-refractivity contribution in [1.82, 2.24) is 29.7 Å². The molecule has 2 saturated carbocycles. The Morgan fingerprint density at radius 3 is 2.00 bits per heavy atom. The van der Waals surface area contributed by atoms with Crippen molar-refractivity contribution in [2.24, 2.45) is 0 Å². The molecule has 2 fully saturated rings. The first kappa shape index (κ1) is 31.3. The molecule has 2 heterocycles. The summed E-state index contributed by atoms with van der Waals surface area (Å²) in [6, 6.07) is 0. The van der Waals surface area contributed by atoms with E-state index in [1.807, 2.05) is 6.92 Å². The Labute approximate surface area is 241 Å². The van der Waals surface area contributed by atoms with Crippen LogP contribution in [0.25, 0.3) is 11.2 Å². The third-order valence-corrected chi connectivity index (χ3v) is 9.87. The van der Waals surface area contributed by atoms with Gasteiger partial charge in [0.1, 0.15) is 41.5 Å². The highest BCUT2D eigenvalue weighted by Gasteiger charge is 2.44. The first-order valence-electron chi connectivity index (χ1n) is 14.4. The van der Waals surface area contributed by atoms with E-state index in [0.29, 0.717) is 17.7 Å². The Morgan fingerprint density at radius 1 is 0.976 bits per heavy atom. The number of esters is 2. The molecular weight excluding hydrogens is 549 g/mol. The molecule has 0 aromatic carbocycles. The van der Waals surface area contributed by atoms with Gasteiger partial charge in [-0.05, 0) is 86.0 Å². The molecule has 4 N–H and O–H groups in total. The largest absolute Gasteiger partial charge is 0.461 e. The van der Waals surface area contributed by atoms with Crippen LogP contribution < -0.4 is 15.9 Å². The normalized spacial score (nSPS) is 18.2. The van der Waals surface area contributed by atoms with Gasteiger partial charge in [-0.2, -0.15) is 0 Å². The highest BCUT2D eigenvalue weighted by atomic mass is 31.2. The van der Waals surface area contributed by atoms with Gasteiger partial charge < -0.3 is 24.5 Å². The summed E-state index contributed by atoms with van der Waals surface area (Å²) in [4.78, 5) is 38.8. The number of fused-ring (bicyclic) bond motifs is 1. The van der Waals surface area contributed by atoms with Crippen molar-refractivity contribution >= 4 is 36.4 Å².